The maximum absolute atomic E-state index is 4.68. The van der Waals surface area contributed by atoms with Crippen molar-refractivity contribution in [3.8, 4) is 0 Å². The van der Waals surface area contributed by atoms with Gasteiger partial charge in [0.15, 0.2) is 0 Å². The van der Waals surface area contributed by atoms with Crippen molar-refractivity contribution in [1.29, 1.82) is 0 Å². The van der Waals surface area contributed by atoms with Crippen LogP contribution in [-0.2, 0) is 18.7 Å². The monoisotopic (exact) mass is 258 g/mol. The number of aromatic nitrogens is 1. The molecule has 4 heteroatoms. The van der Waals surface area contributed by atoms with Gasteiger partial charge >= 0.3 is 0 Å². The summed E-state index contributed by atoms with van der Waals surface area (Å²) in [5, 5.41) is 4.77. The van der Waals surface area contributed by atoms with Crippen molar-refractivity contribution < 1.29 is 0 Å². The van der Waals surface area contributed by atoms with Gasteiger partial charge in [-0.15, -0.1) is 11.3 Å². The third kappa shape index (κ3) is 4.44. The van der Waals surface area contributed by atoms with Gasteiger partial charge in [0.25, 0.3) is 0 Å². The van der Waals surface area contributed by atoms with Gasteiger partial charge in [-0.25, -0.2) is 4.98 Å². The highest BCUT2D eigenvalue weighted by Gasteiger charge is 2.08. The van der Waals surface area contributed by atoms with Crippen LogP contribution in [0.2, 0.25) is 0 Å². The predicted octanol–water partition coefficient (Wildman–Crippen LogP) is 3.46. The van der Waals surface area contributed by atoms with Gasteiger partial charge in [0.05, 0.1) is 5.69 Å². The van der Waals surface area contributed by atoms with Crippen molar-refractivity contribution in [2.24, 2.45) is 0 Å². The van der Waals surface area contributed by atoms with Crippen LogP contribution >= 0.6 is 23.1 Å². The summed E-state index contributed by atoms with van der Waals surface area (Å²) in [4.78, 5) is 6.11. The van der Waals surface area contributed by atoms with Crippen molar-refractivity contribution >= 4 is 23.1 Å². The molecule has 0 saturated heterocycles. The Morgan fingerprint density at radius 2 is 2.19 bits per heavy atom. The van der Waals surface area contributed by atoms with Gasteiger partial charge in [-0.05, 0) is 25.6 Å². The van der Waals surface area contributed by atoms with E-state index in [-0.39, 0.29) is 0 Å². The van der Waals surface area contributed by atoms with Crippen LogP contribution in [0.5, 0.6) is 0 Å². The zero-order valence-electron chi connectivity index (χ0n) is 10.5. The highest BCUT2D eigenvalue weighted by atomic mass is 32.2. The lowest BCUT2D eigenvalue weighted by Crippen LogP contribution is -2.14. The molecule has 1 heterocycles. The smallest absolute Gasteiger partial charge is 0.103 e. The second-order valence-corrected chi connectivity index (χ2v) is 5.83. The average Bonchev–Trinajstić information content (AvgIpc) is 2.67. The topological polar surface area (TPSA) is 24.9 Å². The molecule has 0 bridgehead atoms. The number of thiazole rings is 1. The number of aryl methyl sites for hydroxylation is 1. The zero-order chi connectivity index (χ0) is 11.8. The first-order chi connectivity index (χ1) is 7.81. The van der Waals surface area contributed by atoms with E-state index in [0.29, 0.717) is 0 Å². The summed E-state index contributed by atoms with van der Waals surface area (Å²) >= 11 is 3.72. The van der Waals surface area contributed by atoms with Crippen LogP contribution in [0, 0.1) is 0 Å². The van der Waals surface area contributed by atoms with E-state index >= 15 is 0 Å². The first-order valence-corrected chi connectivity index (χ1v) is 8.19. The molecule has 0 unspecified atom stereocenters. The molecule has 1 N–H and O–H groups in total. The highest BCUT2D eigenvalue weighted by molar-refractivity contribution is 7.97. The molecular formula is C12H22N2S2. The molecule has 1 aromatic heterocycles. The summed E-state index contributed by atoms with van der Waals surface area (Å²) in [6.07, 6.45) is 5.70. The van der Waals surface area contributed by atoms with Gasteiger partial charge in [-0.1, -0.05) is 20.3 Å². The summed E-state index contributed by atoms with van der Waals surface area (Å²) in [5.74, 6) is 1.05. The Hall–Kier alpha value is -0.0600. The van der Waals surface area contributed by atoms with E-state index in [1.165, 1.54) is 28.4 Å². The molecule has 0 aliphatic heterocycles. The van der Waals surface area contributed by atoms with Crippen molar-refractivity contribution in [2.75, 3.05) is 12.8 Å². The van der Waals surface area contributed by atoms with Crippen molar-refractivity contribution in [3.05, 3.63) is 15.6 Å². The van der Waals surface area contributed by atoms with Crippen LogP contribution in [0.1, 0.15) is 42.3 Å². The summed E-state index contributed by atoms with van der Waals surface area (Å²) in [6.45, 7) is 6.53. The molecule has 1 rings (SSSR count). The Morgan fingerprint density at radius 1 is 1.38 bits per heavy atom. The summed E-state index contributed by atoms with van der Waals surface area (Å²) in [7, 11) is 0. The van der Waals surface area contributed by atoms with E-state index in [0.717, 1.165) is 25.3 Å². The highest BCUT2D eigenvalue weighted by Crippen LogP contribution is 2.22. The Labute approximate surface area is 107 Å². The molecule has 0 aliphatic carbocycles. The van der Waals surface area contributed by atoms with Crippen LogP contribution in [0.25, 0.3) is 0 Å². The number of unbranched alkanes of at least 4 members (excludes halogenated alkanes) is 1. The first kappa shape index (κ1) is 14.0. The van der Waals surface area contributed by atoms with Gasteiger partial charge < -0.3 is 5.32 Å². The van der Waals surface area contributed by atoms with E-state index in [1.54, 1.807) is 0 Å². The normalized spacial score (nSPS) is 10.9. The number of hydrogen-bond acceptors (Lipinski definition) is 4. The van der Waals surface area contributed by atoms with Crippen molar-refractivity contribution in [3.63, 3.8) is 0 Å². The molecular weight excluding hydrogens is 236 g/mol. The molecule has 0 radical (unpaired) electrons. The molecule has 1 aromatic rings. The minimum atomic E-state index is 0.995. The summed E-state index contributed by atoms with van der Waals surface area (Å²) in [5.41, 5.74) is 1.29. The van der Waals surface area contributed by atoms with Crippen LogP contribution in [0.4, 0.5) is 0 Å². The second kappa shape index (κ2) is 8.09. The SMILES string of the molecule is CCCCNCc1sc(CSC)nc1CC. The fourth-order valence-corrected chi connectivity index (χ4v) is 3.36. The summed E-state index contributed by atoms with van der Waals surface area (Å²) < 4.78 is 0. The number of thioether (sulfide) groups is 1. The Morgan fingerprint density at radius 3 is 2.81 bits per heavy atom. The predicted molar refractivity (Wildman–Crippen MR) is 75.3 cm³/mol. The van der Waals surface area contributed by atoms with Crippen LogP contribution in [0.15, 0.2) is 0 Å². The lowest BCUT2D eigenvalue weighted by atomic mass is 10.3. The minimum Gasteiger partial charge on any atom is -0.312 e. The van der Waals surface area contributed by atoms with E-state index < -0.39 is 0 Å². The van der Waals surface area contributed by atoms with Crippen molar-refractivity contribution in [2.45, 2.75) is 45.4 Å². The molecule has 0 spiro atoms. The third-order valence-corrected chi connectivity index (χ3v) is 4.26. The van der Waals surface area contributed by atoms with E-state index in [4.69, 9.17) is 0 Å². The Kier molecular flexibility index (Phi) is 7.08. The molecule has 0 atom stereocenters. The van der Waals surface area contributed by atoms with Gasteiger partial charge in [0.2, 0.25) is 0 Å². The fourth-order valence-electron chi connectivity index (χ4n) is 1.54. The lowest BCUT2D eigenvalue weighted by molar-refractivity contribution is 0.642. The van der Waals surface area contributed by atoms with E-state index in [2.05, 4.69) is 30.4 Å². The van der Waals surface area contributed by atoms with E-state index in [1.807, 2.05) is 23.1 Å². The Balaban J connectivity index is 2.49. The largest absolute Gasteiger partial charge is 0.312 e. The fraction of sp³-hybridized carbons (Fsp3) is 0.750. The van der Waals surface area contributed by atoms with Crippen LogP contribution in [-0.4, -0.2) is 17.8 Å². The van der Waals surface area contributed by atoms with Crippen LogP contribution < -0.4 is 5.32 Å². The van der Waals surface area contributed by atoms with Gasteiger partial charge in [0.1, 0.15) is 5.01 Å². The molecule has 0 aliphatic rings. The third-order valence-electron chi connectivity index (χ3n) is 2.42. The second-order valence-electron chi connectivity index (χ2n) is 3.79. The maximum Gasteiger partial charge on any atom is 0.103 e. The minimum absolute atomic E-state index is 0.995. The Bertz CT molecular complexity index is 297. The van der Waals surface area contributed by atoms with Gasteiger partial charge in [-0.3, -0.25) is 0 Å². The molecule has 0 saturated carbocycles. The molecule has 16 heavy (non-hydrogen) atoms. The van der Waals surface area contributed by atoms with Gasteiger partial charge in [0, 0.05) is 17.2 Å². The molecule has 92 valence electrons. The van der Waals surface area contributed by atoms with Gasteiger partial charge in [-0.2, -0.15) is 11.8 Å². The maximum atomic E-state index is 4.68. The number of rotatable bonds is 8. The molecule has 0 amide bonds. The number of hydrogen-bond donors (Lipinski definition) is 1. The van der Waals surface area contributed by atoms with Crippen LogP contribution in [0.3, 0.4) is 0 Å². The van der Waals surface area contributed by atoms with E-state index in [9.17, 15) is 0 Å². The molecule has 0 aromatic carbocycles. The number of nitrogens with zero attached hydrogens (tertiary/aromatic N) is 1. The first-order valence-electron chi connectivity index (χ1n) is 5.98. The van der Waals surface area contributed by atoms with Crippen molar-refractivity contribution in [1.82, 2.24) is 10.3 Å². The number of nitrogens with one attached hydrogen (secondary N) is 1. The standard InChI is InChI=1S/C12H22N2S2/c1-4-6-7-13-8-11-10(5-2)14-12(16-11)9-15-3/h13H,4-9H2,1-3H3. The zero-order valence-corrected chi connectivity index (χ0v) is 12.1. The molecule has 0 fully saturated rings. The molecule has 2 nitrogen and oxygen atoms in total. The lowest BCUT2D eigenvalue weighted by Gasteiger charge is -2.02. The summed E-state index contributed by atoms with van der Waals surface area (Å²) in [6, 6.07) is 0. The average molecular weight is 258 g/mol. The quantitative estimate of drug-likeness (QED) is 0.723.